The molecule has 0 aliphatic heterocycles. The fraction of sp³-hybridized carbons (Fsp3) is 0. The maximum atomic E-state index is 10.7. The molecular weight excluding hydrogens is 259 g/mol. The number of hydrogen-bond donors (Lipinski definition) is 3. The maximum Gasteiger partial charge on any atom is 0.488 e. The third-order valence-electron chi connectivity index (χ3n) is 2.59. The van der Waals surface area contributed by atoms with Crippen LogP contribution in [0.1, 0.15) is 10.4 Å². The van der Waals surface area contributed by atoms with E-state index in [4.69, 9.17) is 15.2 Å². The Morgan fingerprint density at radius 1 is 0.850 bits per heavy atom. The van der Waals surface area contributed by atoms with Crippen LogP contribution >= 0.6 is 0 Å². The number of aromatic carboxylic acids is 1. The van der Waals surface area contributed by atoms with E-state index in [1.807, 2.05) is 0 Å². The van der Waals surface area contributed by atoms with Crippen LogP contribution < -0.4 is 5.46 Å². The number of nitrogens with zero attached hydrogens (tertiary/aromatic N) is 2. The molecule has 20 heavy (non-hydrogen) atoms. The molecule has 7 heteroatoms. The second-order valence-corrected chi connectivity index (χ2v) is 4.02. The van der Waals surface area contributed by atoms with Gasteiger partial charge in [-0.05, 0) is 41.9 Å². The molecule has 0 atom stereocenters. The summed E-state index contributed by atoms with van der Waals surface area (Å²) in [5.74, 6) is -0.994. The molecule has 0 aliphatic rings. The summed E-state index contributed by atoms with van der Waals surface area (Å²) in [7, 11) is -1.51. The van der Waals surface area contributed by atoms with Gasteiger partial charge in [-0.25, -0.2) is 4.79 Å². The minimum absolute atomic E-state index is 0.185. The second-order valence-electron chi connectivity index (χ2n) is 4.02. The molecule has 0 aromatic heterocycles. The van der Waals surface area contributed by atoms with Gasteiger partial charge in [0.25, 0.3) is 0 Å². The van der Waals surface area contributed by atoms with Gasteiger partial charge in [-0.3, -0.25) is 0 Å². The van der Waals surface area contributed by atoms with Gasteiger partial charge >= 0.3 is 13.1 Å². The van der Waals surface area contributed by atoms with Crippen molar-refractivity contribution >= 4 is 29.9 Å². The average molecular weight is 270 g/mol. The van der Waals surface area contributed by atoms with E-state index in [0.717, 1.165) is 0 Å². The first-order chi connectivity index (χ1) is 9.56. The lowest BCUT2D eigenvalue weighted by atomic mass is 9.80. The normalized spacial score (nSPS) is 10.7. The molecule has 2 aromatic carbocycles. The number of azo groups is 1. The summed E-state index contributed by atoms with van der Waals surface area (Å²) in [4.78, 5) is 10.7. The molecule has 0 heterocycles. The second kappa shape index (κ2) is 6.09. The topological polar surface area (TPSA) is 102 Å². The fourth-order valence-electron chi connectivity index (χ4n) is 1.50. The van der Waals surface area contributed by atoms with E-state index in [1.165, 1.54) is 24.3 Å². The highest BCUT2D eigenvalue weighted by molar-refractivity contribution is 6.58. The molecule has 0 spiro atoms. The first-order valence-electron chi connectivity index (χ1n) is 5.77. The monoisotopic (exact) mass is 270 g/mol. The number of carboxylic acids is 1. The third kappa shape index (κ3) is 3.50. The predicted molar refractivity (Wildman–Crippen MR) is 73.8 cm³/mol. The number of rotatable bonds is 4. The van der Waals surface area contributed by atoms with Crippen LogP contribution in [0, 0.1) is 0 Å². The van der Waals surface area contributed by atoms with Crippen LogP contribution in [0.2, 0.25) is 0 Å². The van der Waals surface area contributed by atoms with E-state index < -0.39 is 13.1 Å². The van der Waals surface area contributed by atoms with E-state index in [9.17, 15) is 4.79 Å². The molecule has 3 N–H and O–H groups in total. The summed E-state index contributed by atoms with van der Waals surface area (Å²) in [6.45, 7) is 0. The quantitative estimate of drug-likeness (QED) is 0.578. The van der Waals surface area contributed by atoms with Gasteiger partial charge in [0.2, 0.25) is 0 Å². The van der Waals surface area contributed by atoms with Crippen molar-refractivity contribution in [3.8, 4) is 0 Å². The molecular formula is C13H11BN2O4. The average Bonchev–Trinajstić information content (AvgIpc) is 2.46. The molecule has 2 rings (SSSR count). The van der Waals surface area contributed by atoms with E-state index in [1.54, 1.807) is 24.3 Å². The molecule has 0 saturated heterocycles. The molecule has 0 aliphatic carbocycles. The van der Waals surface area contributed by atoms with E-state index in [0.29, 0.717) is 16.8 Å². The molecule has 6 nitrogen and oxygen atoms in total. The van der Waals surface area contributed by atoms with E-state index in [-0.39, 0.29) is 5.56 Å². The summed E-state index contributed by atoms with van der Waals surface area (Å²) in [5.41, 5.74) is 1.64. The predicted octanol–water partition coefficient (Wildman–Crippen LogP) is 1.48. The van der Waals surface area contributed by atoms with Crippen LogP contribution in [-0.4, -0.2) is 28.2 Å². The number of carboxylic acid groups (broad SMARTS) is 1. The molecule has 0 saturated carbocycles. The number of benzene rings is 2. The minimum Gasteiger partial charge on any atom is -0.478 e. The van der Waals surface area contributed by atoms with Crippen LogP contribution in [0.3, 0.4) is 0 Å². The standard InChI is InChI=1S/C13H11BN2O4/c17-13(18)9-1-5-11(6-2-9)15-16-12-7-3-10(4-8-12)14(19)20/h1-8,19-20H,(H,17,18)/b16-15+. The van der Waals surface area contributed by atoms with Crippen molar-refractivity contribution in [3.05, 3.63) is 54.1 Å². The van der Waals surface area contributed by atoms with Gasteiger partial charge in [-0.1, -0.05) is 12.1 Å². The Labute approximate surface area is 115 Å². The van der Waals surface area contributed by atoms with Gasteiger partial charge in [0.05, 0.1) is 16.9 Å². The molecule has 100 valence electrons. The molecule has 0 bridgehead atoms. The van der Waals surface area contributed by atoms with Crippen LogP contribution in [0.4, 0.5) is 11.4 Å². The van der Waals surface area contributed by atoms with Crippen molar-refractivity contribution in [2.45, 2.75) is 0 Å². The highest BCUT2D eigenvalue weighted by atomic mass is 16.4. The first-order valence-corrected chi connectivity index (χ1v) is 5.77. The van der Waals surface area contributed by atoms with Gasteiger partial charge in [-0.15, -0.1) is 0 Å². The van der Waals surface area contributed by atoms with Crippen molar-refractivity contribution in [1.29, 1.82) is 0 Å². The van der Waals surface area contributed by atoms with Crippen LogP contribution in [-0.2, 0) is 0 Å². The highest BCUT2D eigenvalue weighted by Crippen LogP contribution is 2.18. The van der Waals surface area contributed by atoms with Gasteiger partial charge in [0, 0.05) is 0 Å². The Morgan fingerprint density at radius 3 is 1.70 bits per heavy atom. The Bertz CT molecular complexity index is 624. The molecule has 0 fully saturated rings. The van der Waals surface area contributed by atoms with E-state index >= 15 is 0 Å². The Balaban J connectivity index is 2.10. The zero-order valence-electron chi connectivity index (χ0n) is 10.3. The van der Waals surface area contributed by atoms with Gasteiger partial charge in [0.1, 0.15) is 0 Å². The minimum atomic E-state index is -1.51. The van der Waals surface area contributed by atoms with Crippen LogP contribution in [0.15, 0.2) is 58.8 Å². The maximum absolute atomic E-state index is 10.7. The summed E-state index contributed by atoms with van der Waals surface area (Å²) >= 11 is 0. The lowest BCUT2D eigenvalue weighted by Gasteiger charge is -1.98. The highest BCUT2D eigenvalue weighted by Gasteiger charge is 2.09. The molecule has 2 aromatic rings. The molecule has 0 radical (unpaired) electrons. The molecule has 0 unspecified atom stereocenters. The lowest BCUT2D eigenvalue weighted by Crippen LogP contribution is -2.29. The zero-order valence-corrected chi connectivity index (χ0v) is 10.3. The van der Waals surface area contributed by atoms with Crippen molar-refractivity contribution < 1.29 is 19.9 Å². The summed E-state index contributed by atoms with van der Waals surface area (Å²) in [6.07, 6.45) is 0. The number of hydrogen-bond acceptors (Lipinski definition) is 5. The van der Waals surface area contributed by atoms with Crippen molar-refractivity contribution in [2.75, 3.05) is 0 Å². The SMILES string of the molecule is O=C(O)c1ccc(/N=N/c2ccc(B(O)O)cc2)cc1. The fourth-order valence-corrected chi connectivity index (χ4v) is 1.50. The van der Waals surface area contributed by atoms with Crippen molar-refractivity contribution in [2.24, 2.45) is 10.2 Å². The Kier molecular flexibility index (Phi) is 4.24. The Hall–Kier alpha value is -2.51. The summed E-state index contributed by atoms with van der Waals surface area (Å²) in [5, 5.41) is 34.6. The van der Waals surface area contributed by atoms with Gasteiger partial charge in [-0.2, -0.15) is 10.2 Å². The largest absolute Gasteiger partial charge is 0.488 e. The lowest BCUT2D eigenvalue weighted by molar-refractivity contribution is 0.0697. The van der Waals surface area contributed by atoms with Gasteiger partial charge in [0.15, 0.2) is 0 Å². The summed E-state index contributed by atoms with van der Waals surface area (Å²) < 4.78 is 0. The van der Waals surface area contributed by atoms with Gasteiger partial charge < -0.3 is 15.2 Å². The Morgan fingerprint density at radius 2 is 1.30 bits per heavy atom. The van der Waals surface area contributed by atoms with Crippen LogP contribution in [0.25, 0.3) is 0 Å². The first kappa shape index (κ1) is 13.9. The number of carbonyl (C=O) groups is 1. The van der Waals surface area contributed by atoms with Crippen molar-refractivity contribution in [3.63, 3.8) is 0 Å². The summed E-state index contributed by atoms with van der Waals surface area (Å²) in [6, 6.07) is 12.3. The van der Waals surface area contributed by atoms with E-state index in [2.05, 4.69) is 10.2 Å². The van der Waals surface area contributed by atoms with Crippen LogP contribution in [0.5, 0.6) is 0 Å². The smallest absolute Gasteiger partial charge is 0.478 e. The third-order valence-corrected chi connectivity index (χ3v) is 2.59. The van der Waals surface area contributed by atoms with Crippen molar-refractivity contribution in [1.82, 2.24) is 0 Å². The zero-order chi connectivity index (χ0) is 14.5. The molecule has 0 amide bonds.